The predicted molar refractivity (Wildman–Crippen MR) is 97.9 cm³/mol. The molecule has 2 heterocycles. The minimum absolute atomic E-state index is 0.133. The van der Waals surface area contributed by atoms with Crippen LogP contribution in [0.3, 0.4) is 0 Å². The van der Waals surface area contributed by atoms with Crippen LogP contribution in [0.4, 0.5) is 5.82 Å². The van der Waals surface area contributed by atoms with E-state index in [-0.39, 0.29) is 11.5 Å². The van der Waals surface area contributed by atoms with E-state index in [1.807, 2.05) is 49.1 Å². The average molecular weight is 340 g/mol. The molecular formula is C19H24N4O2. The van der Waals surface area contributed by atoms with Crippen molar-refractivity contribution in [1.29, 1.82) is 0 Å². The Hall–Kier alpha value is -2.63. The Bertz CT molecular complexity index is 806. The fraction of sp³-hybridized carbons (Fsp3) is 0.421. The Kier molecular flexibility index (Phi) is 4.61. The molecule has 1 N–H and O–H groups in total. The quantitative estimate of drug-likeness (QED) is 0.923. The number of rotatable bonds is 3. The summed E-state index contributed by atoms with van der Waals surface area (Å²) in [6, 6.07) is 11.4. The van der Waals surface area contributed by atoms with E-state index in [4.69, 9.17) is 0 Å². The standard InChI is InChI=1S/C19H24N4O2/c1-14-20-16(13-17(24)21-14)22-9-11-23(12-10-22)18(25)19(2,3)15-7-5-4-6-8-15/h4-8,13H,9-12H2,1-3H3,(H,20,21,24). The van der Waals surface area contributed by atoms with Gasteiger partial charge in [0.05, 0.1) is 5.41 Å². The highest BCUT2D eigenvalue weighted by Crippen LogP contribution is 2.26. The number of aryl methyl sites for hydroxylation is 1. The molecule has 1 amide bonds. The van der Waals surface area contributed by atoms with Gasteiger partial charge in [-0.1, -0.05) is 30.3 Å². The third-order valence-corrected chi connectivity index (χ3v) is 4.77. The van der Waals surface area contributed by atoms with Gasteiger partial charge in [0.1, 0.15) is 11.6 Å². The fourth-order valence-corrected chi connectivity index (χ4v) is 3.24. The lowest BCUT2D eigenvalue weighted by atomic mass is 9.83. The van der Waals surface area contributed by atoms with E-state index in [0.29, 0.717) is 37.8 Å². The van der Waals surface area contributed by atoms with Crippen molar-refractivity contribution in [3.63, 3.8) is 0 Å². The van der Waals surface area contributed by atoms with Crippen LogP contribution in [0.25, 0.3) is 0 Å². The molecule has 0 spiro atoms. The minimum atomic E-state index is -0.553. The van der Waals surface area contributed by atoms with Crippen LogP contribution in [0.15, 0.2) is 41.2 Å². The first kappa shape index (κ1) is 17.2. The van der Waals surface area contributed by atoms with Crippen LogP contribution in [0.2, 0.25) is 0 Å². The summed E-state index contributed by atoms with van der Waals surface area (Å²) < 4.78 is 0. The molecule has 0 aliphatic carbocycles. The molecule has 1 aliphatic heterocycles. The normalized spacial score (nSPS) is 15.3. The van der Waals surface area contributed by atoms with E-state index in [1.165, 1.54) is 6.07 Å². The Morgan fingerprint density at radius 2 is 1.76 bits per heavy atom. The molecule has 1 aromatic carbocycles. The maximum atomic E-state index is 13.0. The number of carbonyl (C=O) groups excluding carboxylic acids is 1. The molecule has 0 atom stereocenters. The summed E-state index contributed by atoms with van der Waals surface area (Å²) in [5, 5.41) is 0. The van der Waals surface area contributed by atoms with Crippen LogP contribution >= 0.6 is 0 Å². The first-order valence-electron chi connectivity index (χ1n) is 8.56. The van der Waals surface area contributed by atoms with Crippen LogP contribution in [0.5, 0.6) is 0 Å². The van der Waals surface area contributed by atoms with Gasteiger partial charge in [0.25, 0.3) is 5.56 Å². The number of nitrogens with zero attached hydrogens (tertiary/aromatic N) is 3. The highest BCUT2D eigenvalue weighted by molar-refractivity contribution is 5.87. The van der Waals surface area contributed by atoms with Crippen molar-refractivity contribution in [3.05, 3.63) is 58.1 Å². The lowest BCUT2D eigenvalue weighted by molar-refractivity contribution is -0.136. The summed E-state index contributed by atoms with van der Waals surface area (Å²) >= 11 is 0. The van der Waals surface area contributed by atoms with Crippen molar-refractivity contribution < 1.29 is 4.79 Å². The van der Waals surface area contributed by atoms with Gasteiger partial charge in [-0.25, -0.2) is 4.98 Å². The highest BCUT2D eigenvalue weighted by Gasteiger charge is 2.35. The number of nitrogens with one attached hydrogen (secondary N) is 1. The van der Waals surface area contributed by atoms with Crippen molar-refractivity contribution in [2.24, 2.45) is 0 Å². The van der Waals surface area contributed by atoms with Gasteiger partial charge in [-0.15, -0.1) is 0 Å². The summed E-state index contributed by atoms with van der Waals surface area (Å²) in [5.74, 6) is 1.41. The van der Waals surface area contributed by atoms with E-state index >= 15 is 0 Å². The Labute approximate surface area is 147 Å². The largest absolute Gasteiger partial charge is 0.353 e. The van der Waals surface area contributed by atoms with Gasteiger partial charge in [0.2, 0.25) is 5.91 Å². The Balaban J connectivity index is 1.69. The van der Waals surface area contributed by atoms with E-state index in [1.54, 1.807) is 6.92 Å². The highest BCUT2D eigenvalue weighted by atomic mass is 16.2. The fourth-order valence-electron chi connectivity index (χ4n) is 3.24. The SMILES string of the molecule is Cc1nc(N2CCN(C(=O)C(C)(C)c3ccccc3)CC2)cc(=O)[nH]1. The summed E-state index contributed by atoms with van der Waals surface area (Å²) in [4.78, 5) is 35.6. The van der Waals surface area contributed by atoms with Crippen LogP contribution in [0, 0.1) is 6.92 Å². The Morgan fingerprint density at radius 1 is 1.12 bits per heavy atom. The van der Waals surface area contributed by atoms with Crippen LogP contribution in [-0.4, -0.2) is 47.0 Å². The molecule has 1 saturated heterocycles. The molecule has 0 bridgehead atoms. The van der Waals surface area contributed by atoms with E-state index in [2.05, 4.69) is 14.9 Å². The number of amides is 1. The van der Waals surface area contributed by atoms with Gasteiger partial charge in [-0.2, -0.15) is 0 Å². The number of benzene rings is 1. The number of hydrogen-bond donors (Lipinski definition) is 1. The van der Waals surface area contributed by atoms with Gasteiger partial charge in [0, 0.05) is 32.2 Å². The zero-order valence-corrected chi connectivity index (χ0v) is 15.0. The van der Waals surface area contributed by atoms with Gasteiger partial charge in [-0.05, 0) is 26.3 Å². The molecular weight excluding hydrogens is 316 g/mol. The molecule has 132 valence electrons. The predicted octanol–water partition coefficient (Wildman–Crippen LogP) is 1.70. The average Bonchev–Trinajstić information content (AvgIpc) is 2.61. The van der Waals surface area contributed by atoms with E-state index in [9.17, 15) is 9.59 Å². The molecule has 6 heteroatoms. The monoisotopic (exact) mass is 340 g/mol. The van der Waals surface area contributed by atoms with E-state index < -0.39 is 5.41 Å². The van der Waals surface area contributed by atoms with Crippen molar-refractivity contribution in [2.45, 2.75) is 26.2 Å². The number of anilines is 1. The van der Waals surface area contributed by atoms with Crippen LogP contribution in [-0.2, 0) is 10.2 Å². The minimum Gasteiger partial charge on any atom is -0.353 e. The molecule has 1 aliphatic rings. The van der Waals surface area contributed by atoms with Gasteiger partial charge in [-0.3, -0.25) is 9.59 Å². The number of carbonyl (C=O) groups is 1. The van der Waals surface area contributed by atoms with Crippen molar-refractivity contribution in [1.82, 2.24) is 14.9 Å². The second-order valence-electron chi connectivity index (χ2n) is 6.96. The molecule has 1 aromatic heterocycles. The van der Waals surface area contributed by atoms with E-state index in [0.717, 1.165) is 5.56 Å². The number of piperazine rings is 1. The maximum absolute atomic E-state index is 13.0. The number of H-pyrrole nitrogens is 1. The topological polar surface area (TPSA) is 69.3 Å². The summed E-state index contributed by atoms with van der Waals surface area (Å²) in [7, 11) is 0. The number of aromatic amines is 1. The molecule has 3 rings (SSSR count). The summed E-state index contributed by atoms with van der Waals surface area (Å²) in [6.07, 6.45) is 0. The van der Waals surface area contributed by atoms with Crippen LogP contribution in [0.1, 0.15) is 25.2 Å². The molecule has 6 nitrogen and oxygen atoms in total. The lowest BCUT2D eigenvalue weighted by Gasteiger charge is -2.39. The van der Waals surface area contributed by atoms with Crippen molar-refractivity contribution in [3.8, 4) is 0 Å². The number of aromatic nitrogens is 2. The third-order valence-electron chi connectivity index (χ3n) is 4.77. The van der Waals surface area contributed by atoms with Gasteiger partial charge in [0.15, 0.2) is 0 Å². The molecule has 2 aromatic rings. The smallest absolute Gasteiger partial charge is 0.252 e. The zero-order chi connectivity index (χ0) is 18.0. The molecule has 25 heavy (non-hydrogen) atoms. The zero-order valence-electron chi connectivity index (χ0n) is 15.0. The molecule has 0 unspecified atom stereocenters. The Morgan fingerprint density at radius 3 is 2.36 bits per heavy atom. The second kappa shape index (κ2) is 6.70. The van der Waals surface area contributed by atoms with Crippen LogP contribution < -0.4 is 10.5 Å². The summed E-state index contributed by atoms with van der Waals surface area (Å²) in [5.41, 5.74) is 0.322. The third kappa shape index (κ3) is 3.57. The molecule has 0 radical (unpaired) electrons. The van der Waals surface area contributed by atoms with Crippen molar-refractivity contribution >= 4 is 11.7 Å². The van der Waals surface area contributed by atoms with Crippen molar-refractivity contribution in [2.75, 3.05) is 31.1 Å². The number of hydrogen-bond acceptors (Lipinski definition) is 4. The second-order valence-corrected chi connectivity index (χ2v) is 6.96. The first-order chi connectivity index (χ1) is 11.9. The molecule has 1 fully saturated rings. The van der Waals surface area contributed by atoms with Gasteiger partial charge >= 0.3 is 0 Å². The van der Waals surface area contributed by atoms with Gasteiger partial charge < -0.3 is 14.8 Å². The summed E-state index contributed by atoms with van der Waals surface area (Å²) in [6.45, 7) is 8.31. The maximum Gasteiger partial charge on any atom is 0.252 e. The molecule has 0 saturated carbocycles. The first-order valence-corrected chi connectivity index (χ1v) is 8.56. The lowest BCUT2D eigenvalue weighted by Crippen LogP contribution is -2.53.